The first kappa shape index (κ1) is 53.6. The summed E-state index contributed by atoms with van der Waals surface area (Å²) in [6, 6.07) is 127. The Kier molecular flexibility index (Phi) is 11.1. The maximum atomic E-state index is 2.61. The van der Waals surface area contributed by atoms with Crippen LogP contribution in [-0.4, -0.2) is 22.6 Å². The highest BCUT2D eigenvalue weighted by molar-refractivity contribution is 7.01. The summed E-state index contributed by atoms with van der Waals surface area (Å²) in [5.74, 6) is 0. The van der Waals surface area contributed by atoms with E-state index in [9.17, 15) is 0 Å². The summed E-state index contributed by atoms with van der Waals surface area (Å²) >= 11 is 0. The van der Waals surface area contributed by atoms with Crippen molar-refractivity contribution in [2.24, 2.45) is 0 Å². The molecular weight excluding hydrogens is 1190 g/mol. The first-order valence-corrected chi connectivity index (χ1v) is 34.1. The van der Waals surface area contributed by atoms with Gasteiger partial charge < -0.3 is 28.7 Å². The summed E-state index contributed by atoms with van der Waals surface area (Å²) in [7, 11) is 0. The molecule has 0 spiro atoms. The minimum absolute atomic E-state index is 0.113. The van der Waals surface area contributed by atoms with Crippen LogP contribution in [-0.2, 0) is 0 Å². The number of anilines is 12. The lowest BCUT2D eigenvalue weighted by atomic mass is 9.33. The van der Waals surface area contributed by atoms with Gasteiger partial charge in [0.05, 0.1) is 22.4 Å². The van der Waals surface area contributed by atoms with Crippen LogP contribution in [0.5, 0.6) is 0 Å². The average Bonchev–Trinajstić information content (AvgIpc) is 1.25. The highest BCUT2D eigenvalue weighted by Gasteiger charge is 2.46. The maximum Gasteiger partial charge on any atom is 0.252 e. The quantitative estimate of drug-likeness (QED) is 0.112. The van der Waals surface area contributed by atoms with Crippen molar-refractivity contribution in [3.8, 4) is 11.4 Å². The van der Waals surface area contributed by atoms with Gasteiger partial charge in [0.2, 0.25) is 0 Å². The third-order valence-electron chi connectivity index (χ3n) is 21.7. The predicted molar refractivity (Wildman–Crippen MR) is 416 cm³/mol. The van der Waals surface area contributed by atoms with Crippen LogP contribution < -0.4 is 52.4 Å². The van der Waals surface area contributed by atoms with E-state index in [0.717, 1.165) is 56.9 Å². The van der Waals surface area contributed by atoms with Crippen molar-refractivity contribution in [3.63, 3.8) is 0 Å². The van der Waals surface area contributed by atoms with Crippen molar-refractivity contribution in [1.29, 1.82) is 0 Å². The first-order chi connectivity index (χ1) is 48.7. The fraction of sp³-hybridized carbons (Fsp3) is 0. The molecule has 0 saturated heterocycles. The summed E-state index contributed by atoms with van der Waals surface area (Å²) < 4.78 is 5.17. The molecule has 4 aliphatic heterocycles. The Balaban J connectivity index is 0.868. The van der Waals surface area contributed by atoms with Gasteiger partial charge in [-0.25, -0.2) is 0 Å². The van der Waals surface area contributed by atoms with Crippen LogP contribution in [0.4, 0.5) is 68.2 Å². The molecule has 18 aromatic rings. The summed E-state index contributed by atoms with van der Waals surface area (Å²) in [5.41, 5.74) is 28.4. The lowest BCUT2D eigenvalue weighted by molar-refractivity contribution is 1.16. The molecule has 452 valence electrons. The molecule has 0 radical (unpaired) electrons. The molecule has 2 aromatic heterocycles. The molecule has 0 aliphatic carbocycles. The van der Waals surface area contributed by atoms with Crippen molar-refractivity contribution in [2.45, 2.75) is 0 Å². The SMILES string of the molecule is c1ccc(N(c2ccccc2)c2cc3c4c(c2)-n2c5ccccc5c5cccc(c52)B4c2cc4c5ccccc5c5cc6c(cc5c4cc2N3c2ccccc2)N(c2ccccc2)c2cc(N(c3ccccc3)c3ccccc3)cc3c2B6c2cccc4c5ccccc5n-3c24)cc1. The fourth-order valence-corrected chi connectivity index (χ4v) is 17.9. The van der Waals surface area contributed by atoms with E-state index in [0.29, 0.717) is 0 Å². The molecule has 0 fully saturated rings. The molecule has 0 N–H and O–H groups in total. The number of nitrogens with zero attached hydrogens (tertiary/aromatic N) is 6. The van der Waals surface area contributed by atoms with Gasteiger partial charge in [-0.3, -0.25) is 0 Å². The topological polar surface area (TPSA) is 22.8 Å². The molecule has 0 unspecified atom stereocenters. The van der Waals surface area contributed by atoms with E-state index in [1.165, 1.54) is 131 Å². The van der Waals surface area contributed by atoms with Gasteiger partial charge in [0.25, 0.3) is 13.4 Å². The Morgan fingerprint density at radius 3 is 0.888 bits per heavy atom. The van der Waals surface area contributed by atoms with Crippen molar-refractivity contribution in [3.05, 3.63) is 340 Å². The van der Waals surface area contributed by atoms with Gasteiger partial charge in [-0.2, -0.15) is 0 Å². The van der Waals surface area contributed by atoms with Crippen LogP contribution in [0.15, 0.2) is 340 Å². The molecule has 6 heterocycles. The Morgan fingerprint density at radius 1 is 0.204 bits per heavy atom. The van der Waals surface area contributed by atoms with Gasteiger partial charge in [-0.05, 0) is 186 Å². The molecule has 6 nitrogen and oxygen atoms in total. The fourth-order valence-electron chi connectivity index (χ4n) is 17.9. The molecule has 4 aliphatic rings. The largest absolute Gasteiger partial charge is 0.311 e. The van der Waals surface area contributed by atoms with Gasteiger partial charge in [-0.15, -0.1) is 0 Å². The zero-order chi connectivity index (χ0) is 63.8. The average molecular weight is 1240 g/mol. The molecule has 0 saturated carbocycles. The Hall–Kier alpha value is -12.8. The van der Waals surface area contributed by atoms with Crippen molar-refractivity contribution in [2.75, 3.05) is 19.6 Å². The number of fused-ring (bicyclic) bond motifs is 20. The Bertz CT molecular complexity index is 5930. The van der Waals surface area contributed by atoms with Gasteiger partial charge >= 0.3 is 0 Å². The van der Waals surface area contributed by atoms with Crippen LogP contribution in [0.3, 0.4) is 0 Å². The third-order valence-corrected chi connectivity index (χ3v) is 21.7. The van der Waals surface area contributed by atoms with E-state index in [1.54, 1.807) is 0 Å². The lowest BCUT2D eigenvalue weighted by Crippen LogP contribution is -2.60. The molecule has 0 atom stereocenters. The highest BCUT2D eigenvalue weighted by Crippen LogP contribution is 2.51. The summed E-state index contributed by atoms with van der Waals surface area (Å²) in [6.07, 6.45) is 0. The highest BCUT2D eigenvalue weighted by atomic mass is 15.2. The maximum absolute atomic E-state index is 2.61. The van der Waals surface area contributed by atoms with Crippen molar-refractivity contribution >= 4 is 190 Å². The molecule has 0 bridgehead atoms. The van der Waals surface area contributed by atoms with Crippen LogP contribution in [0, 0.1) is 0 Å². The number of benzene rings is 16. The van der Waals surface area contributed by atoms with E-state index in [-0.39, 0.29) is 13.4 Å². The molecule has 98 heavy (non-hydrogen) atoms. The summed E-state index contributed by atoms with van der Waals surface area (Å²) in [6.45, 7) is -0.226. The second-order valence-electron chi connectivity index (χ2n) is 26.7. The van der Waals surface area contributed by atoms with Crippen LogP contribution in [0.25, 0.3) is 87.3 Å². The standard InChI is InChI=1S/C90H56B2N6/c1-7-27-57(28-8-1)93(58-29-9-2-10-30-58)63-49-83-87-85(51-63)97-79-47-23-21-41-67(79)69-43-25-45-75(89(69)97)91(87)77-53-71-65-39-19-20-40-66(65)72-54-78-82(56-74(72)73(71)55-81(77)95(83)61-35-15-5-16-36-61)96(62-37-17-6-18-38-62)84-50-64(94(59-31-11-3-12-32-59)60-33-13-4-14-34-60)52-86-88(84)92(78)76-46-26-44-70-68-42-22-24-48-80(68)98(86)90(70)76/h1-56H. The lowest BCUT2D eigenvalue weighted by Gasteiger charge is -2.42. The molecule has 22 rings (SSSR count). The van der Waals surface area contributed by atoms with Crippen molar-refractivity contribution < 1.29 is 0 Å². The minimum atomic E-state index is -0.113. The normalized spacial score (nSPS) is 13.0. The zero-order valence-corrected chi connectivity index (χ0v) is 53.2. The monoisotopic (exact) mass is 1240 g/mol. The van der Waals surface area contributed by atoms with E-state index in [4.69, 9.17) is 0 Å². The number of para-hydroxylation sites is 10. The predicted octanol–water partition coefficient (Wildman–Crippen LogP) is 19.5. The number of hydrogen-bond acceptors (Lipinski definition) is 4. The second kappa shape index (κ2) is 20.4. The molecule has 8 heteroatoms. The van der Waals surface area contributed by atoms with E-state index >= 15 is 0 Å². The van der Waals surface area contributed by atoms with Gasteiger partial charge in [0.15, 0.2) is 0 Å². The Labute approximate surface area is 566 Å². The van der Waals surface area contributed by atoms with E-state index in [2.05, 4.69) is 368 Å². The molecule has 16 aromatic carbocycles. The van der Waals surface area contributed by atoms with E-state index < -0.39 is 0 Å². The van der Waals surface area contributed by atoms with Gasteiger partial charge in [-0.1, -0.05) is 218 Å². The first-order valence-electron chi connectivity index (χ1n) is 34.1. The van der Waals surface area contributed by atoms with Gasteiger partial charge in [0, 0.05) is 101 Å². The number of rotatable bonds is 8. The van der Waals surface area contributed by atoms with Crippen LogP contribution >= 0.6 is 0 Å². The van der Waals surface area contributed by atoms with Crippen molar-refractivity contribution in [1.82, 2.24) is 9.13 Å². The summed E-state index contributed by atoms with van der Waals surface area (Å²) in [4.78, 5) is 10.1. The van der Waals surface area contributed by atoms with Gasteiger partial charge in [0.1, 0.15) is 0 Å². The number of aromatic nitrogens is 2. The Morgan fingerprint density at radius 2 is 0.510 bits per heavy atom. The molecular formula is C90H56B2N6. The smallest absolute Gasteiger partial charge is 0.252 e. The van der Waals surface area contributed by atoms with Crippen LogP contribution in [0.2, 0.25) is 0 Å². The second-order valence-corrected chi connectivity index (χ2v) is 26.7. The number of hydrogen-bond donors (Lipinski definition) is 0. The zero-order valence-electron chi connectivity index (χ0n) is 53.2. The minimum Gasteiger partial charge on any atom is -0.311 e. The van der Waals surface area contributed by atoms with E-state index in [1.807, 2.05) is 0 Å². The third kappa shape index (κ3) is 7.38. The molecule has 0 amide bonds. The summed E-state index contributed by atoms with van der Waals surface area (Å²) in [5, 5.41) is 12.4. The van der Waals surface area contributed by atoms with Crippen LogP contribution in [0.1, 0.15) is 0 Å².